The van der Waals surface area contributed by atoms with Gasteiger partial charge >= 0.3 is 13.2 Å². The molecule has 2 atom stereocenters. The molecule has 24 heteroatoms. The minimum absolute atomic E-state index is 0. The molecular weight excluding hydrogens is 809 g/mol. The van der Waals surface area contributed by atoms with E-state index in [4.69, 9.17) is 27.2 Å². The number of alkyl halides is 4. The van der Waals surface area contributed by atoms with Crippen LogP contribution in [-0.2, 0) is 33.1 Å². The fraction of sp³-hybridized carbons (Fsp3) is 0.250. The number of imidazole rings is 2. The lowest BCUT2D eigenvalue weighted by molar-refractivity contribution is -0.0504. The first-order valence-corrected chi connectivity index (χ1v) is 17.0. The second kappa shape index (κ2) is 22.6. The number of pyridine rings is 2. The van der Waals surface area contributed by atoms with Gasteiger partial charge in [-0.05, 0) is 24.3 Å². The van der Waals surface area contributed by atoms with Gasteiger partial charge in [0.15, 0.2) is 33.3 Å². The molecular formula is C32H36F4MgN6O11S2. The van der Waals surface area contributed by atoms with Crippen molar-refractivity contribution < 1.29 is 79.1 Å². The van der Waals surface area contributed by atoms with Crippen LogP contribution in [0.25, 0.3) is 22.1 Å². The molecule has 4 heterocycles. The maximum atomic E-state index is 12.7. The molecule has 0 saturated heterocycles. The number of nitrogens with one attached hydrogen (secondary N) is 2. The second-order valence-electron chi connectivity index (χ2n) is 9.96. The minimum Gasteiger partial charge on any atom is -0.493 e. The number of ether oxygens (including phenoxy) is 6. The fourth-order valence-electron chi connectivity index (χ4n) is 4.63. The Morgan fingerprint density at radius 2 is 1.05 bits per heavy atom. The van der Waals surface area contributed by atoms with Gasteiger partial charge in [0.1, 0.15) is 11.5 Å². The predicted octanol–water partition coefficient (Wildman–Crippen LogP) is 2.91. The molecule has 2 aromatic carbocycles. The van der Waals surface area contributed by atoms with Gasteiger partial charge in [0.05, 0.1) is 103 Å². The highest BCUT2D eigenvalue weighted by atomic mass is 32.2. The molecule has 0 aliphatic rings. The molecule has 302 valence electrons. The third-order valence-corrected chi connectivity index (χ3v) is 9.11. The smallest absolute Gasteiger partial charge is 0.387 e. The summed E-state index contributed by atoms with van der Waals surface area (Å²) >= 11 is 0. The van der Waals surface area contributed by atoms with E-state index in [1.807, 2.05) is 0 Å². The molecule has 6 aromatic rings. The molecule has 8 N–H and O–H groups in total. The van der Waals surface area contributed by atoms with Crippen molar-refractivity contribution in [3.05, 3.63) is 72.3 Å². The van der Waals surface area contributed by atoms with Gasteiger partial charge in [-0.2, -0.15) is 17.6 Å². The third-order valence-electron chi connectivity index (χ3n) is 6.79. The summed E-state index contributed by atoms with van der Waals surface area (Å²) in [7, 11) is -6.22. The Hall–Kier alpha value is -4.85. The van der Waals surface area contributed by atoms with E-state index in [1.165, 1.54) is 75.1 Å². The Bertz CT molecular complexity index is 2270. The second-order valence-corrected chi connectivity index (χ2v) is 12.7. The molecule has 56 heavy (non-hydrogen) atoms. The van der Waals surface area contributed by atoms with Crippen molar-refractivity contribution >= 4 is 66.7 Å². The molecule has 4 aromatic heterocycles. The van der Waals surface area contributed by atoms with Crippen molar-refractivity contribution in [2.75, 3.05) is 28.3 Å². The maximum Gasteiger partial charge on any atom is 0.387 e. The van der Waals surface area contributed by atoms with Gasteiger partial charge in [0, 0.05) is 59.7 Å². The first kappa shape index (κ1) is 39.4. The summed E-state index contributed by atoms with van der Waals surface area (Å²) < 4.78 is 147. The van der Waals surface area contributed by atoms with Crippen LogP contribution in [-0.4, -0.2) is 119 Å². The van der Waals surface area contributed by atoms with Crippen LogP contribution in [0.5, 0.6) is 34.5 Å². The van der Waals surface area contributed by atoms with Gasteiger partial charge < -0.3 is 54.8 Å². The van der Waals surface area contributed by atoms with Crippen LogP contribution in [0, 0.1) is 0 Å². The topological polar surface area (TPSA) is 267 Å². The minimum atomic E-state index is -2.97. The summed E-state index contributed by atoms with van der Waals surface area (Å²) in [4.78, 5) is 22.1. The number of methoxy groups -OCH3 is 4. The molecule has 0 saturated carbocycles. The number of rotatable bonds is 14. The zero-order chi connectivity index (χ0) is 42.4. The van der Waals surface area contributed by atoms with E-state index in [0.717, 1.165) is 0 Å². The van der Waals surface area contributed by atoms with Crippen LogP contribution >= 0.6 is 0 Å². The Labute approximate surface area is 344 Å². The van der Waals surface area contributed by atoms with Gasteiger partial charge in [0.2, 0.25) is 0 Å². The van der Waals surface area contributed by atoms with Crippen molar-refractivity contribution in [3.63, 3.8) is 0 Å². The van der Waals surface area contributed by atoms with Crippen LogP contribution in [0.3, 0.4) is 0 Å². The van der Waals surface area contributed by atoms with E-state index in [2.05, 4.69) is 39.4 Å². The van der Waals surface area contributed by atoms with E-state index in [9.17, 15) is 26.0 Å². The third kappa shape index (κ3) is 12.1. The molecule has 0 unspecified atom stereocenters. The van der Waals surface area contributed by atoms with Crippen molar-refractivity contribution in [1.29, 1.82) is 0 Å². The number of nitrogens with zero attached hydrogens (tertiary/aromatic N) is 4. The van der Waals surface area contributed by atoms with Crippen LogP contribution in [0.1, 0.15) is 19.6 Å². The van der Waals surface area contributed by atoms with Gasteiger partial charge in [-0.3, -0.25) is 18.4 Å². The average Bonchev–Trinajstić information content (AvgIpc) is 3.75. The van der Waals surface area contributed by atoms with Crippen molar-refractivity contribution in [3.8, 4) is 34.5 Å². The van der Waals surface area contributed by atoms with Crippen molar-refractivity contribution in [1.82, 2.24) is 29.9 Å². The molecule has 17 nitrogen and oxygen atoms in total. The Morgan fingerprint density at radius 3 is 1.39 bits per heavy atom. The van der Waals surface area contributed by atoms with Crippen molar-refractivity contribution in [2.24, 2.45) is 0 Å². The number of benzene rings is 2. The molecule has 0 bridgehead atoms. The van der Waals surface area contributed by atoms with Gasteiger partial charge in [-0.25, -0.2) is 9.97 Å². The molecule has 0 fully saturated rings. The summed E-state index contributed by atoms with van der Waals surface area (Å²) in [5.74, 6) is -0.469. The highest BCUT2D eigenvalue weighted by Crippen LogP contribution is 2.32. The highest BCUT2D eigenvalue weighted by molar-refractivity contribution is 7.84. The van der Waals surface area contributed by atoms with E-state index in [0.29, 0.717) is 22.1 Å². The summed E-state index contributed by atoms with van der Waals surface area (Å²) in [5, 5.41) is 0.167. The Morgan fingerprint density at radius 1 is 0.661 bits per heavy atom. The lowest BCUT2D eigenvalue weighted by atomic mass is 10.3. The number of aromatic amines is 2. The summed E-state index contributed by atoms with van der Waals surface area (Å²) in [5.41, 5.74) is 1.96. The lowest BCUT2D eigenvalue weighted by Crippen LogP contribution is -2.04. The van der Waals surface area contributed by atoms with Crippen LogP contribution < -0.4 is 28.4 Å². The van der Waals surface area contributed by atoms with Gasteiger partial charge in [0.25, 0.3) is 0 Å². The molecule has 0 aliphatic carbocycles. The van der Waals surface area contributed by atoms with Gasteiger partial charge in [-0.1, -0.05) is 0 Å². The molecule has 2 radical (unpaired) electrons. The summed E-state index contributed by atoms with van der Waals surface area (Å²) in [6.45, 7) is -5.93. The predicted molar refractivity (Wildman–Crippen MR) is 197 cm³/mol. The molecule has 0 spiro atoms. The molecule has 0 aliphatic heterocycles. The molecule has 0 amide bonds. The zero-order valence-electron chi connectivity index (χ0n) is 34.9. The number of hydrogen-bond donors (Lipinski definition) is 2. The largest absolute Gasteiger partial charge is 0.493 e. The van der Waals surface area contributed by atoms with E-state index < -0.39 is 48.9 Å². The SMILES string of the molecule is O.O.O.[2H]C([2H])([2H])Oc1ccnc(C[S@@](=O)c2nc3ccc(OC(F)F)cc3[nH]2)c1OC.[2H]C([2H])([2H])Oc1ccnc(C[S@@](=O)c2nc3ccc(OC(F)F)cc3[nH]2)c1OC.[Mg]. The zero-order valence-corrected chi connectivity index (χ0v) is 32.0. The quantitative estimate of drug-likeness (QED) is 0.118. The lowest BCUT2D eigenvalue weighted by Gasteiger charge is -2.10. The van der Waals surface area contributed by atoms with Crippen molar-refractivity contribution in [2.45, 2.75) is 35.0 Å². The number of aromatic nitrogens is 6. The number of H-pyrrole nitrogens is 2. The maximum absolute atomic E-state index is 12.7. The Kier molecular flexibility index (Phi) is 15.9. The average molecular weight is 851 g/mol. The van der Waals surface area contributed by atoms with E-state index >= 15 is 0 Å². The highest BCUT2D eigenvalue weighted by Gasteiger charge is 2.19. The number of hydrogen-bond acceptors (Lipinski definition) is 12. The first-order valence-electron chi connectivity index (χ1n) is 17.4. The van der Waals surface area contributed by atoms with Crippen LogP contribution in [0.4, 0.5) is 17.6 Å². The number of halogens is 4. The standard InChI is InChI=1S/2C16H15F2N3O4S.Mg.3H2O/c2*1-23-13-5-6-19-12(14(13)24-2)8-26(22)16-20-10-4-3-9(25-15(17)18)7-11(10)21-16;;;;/h2*3-7,15H,8H2,1-2H3,(H,20,21);;3*1H2/t2*26-;;;;/m11..../s1/i2*1D3;;;;. The summed E-state index contributed by atoms with van der Waals surface area (Å²) in [6.07, 6.45) is 2.62. The van der Waals surface area contributed by atoms with Crippen LogP contribution in [0.15, 0.2) is 71.2 Å². The van der Waals surface area contributed by atoms with E-state index in [-0.39, 0.29) is 107 Å². The summed E-state index contributed by atoms with van der Waals surface area (Å²) in [6, 6.07) is 10.8. The fourth-order valence-corrected chi connectivity index (χ4v) is 6.66. The number of fused-ring (bicyclic) bond motifs is 2. The van der Waals surface area contributed by atoms with E-state index in [1.54, 1.807) is 0 Å². The van der Waals surface area contributed by atoms with Crippen LogP contribution in [0.2, 0.25) is 0 Å². The van der Waals surface area contributed by atoms with Gasteiger partial charge in [-0.15, -0.1) is 0 Å². The Balaban J connectivity index is 0.000000582. The monoisotopic (exact) mass is 850 g/mol. The normalized spacial score (nSPS) is 13.5. The molecule has 6 rings (SSSR count). The first-order chi connectivity index (χ1) is 27.3.